The van der Waals surface area contributed by atoms with E-state index in [1.807, 2.05) is 11.8 Å². The fourth-order valence-electron chi connectivity index (χ4n) is 1.63. The van der Waals surface area contributed by atoms with Gasteiger partial charge in [-0.3, -0.25) is 4.79 Å². The van der Waals surface area contributed by atoms with Gasteiger partial charge in [0.05, 0.1) is 6.54 Å². The van der Waals surface area contributed by atoms with Crippen LogP contribution in [0.4, 0.5) is 11.6 Å². The maximum atomic E-state index is 11.1. The summed E-state index contributed by atoms with van der Waals surface area (Å²) >= 11 is 0. The van der Waals surface area contributed by atoms with Gasteiger partial charge in [0.2, 0.25) is 5.91 Å². The molecule has 6 nitrogen and oxygen atoms in total. The van der Waals surface area contributed by atoms with Gasteiger partial charge in [-0.1, -0.05) is 20.3 Å². The summed E-state index contributed by atoms with van der Waals surface area (Å²) in [5.74, 6) is 1.40. The van der Waals surface area contributed by atoms with Crippen molar-refractivity contribution in [2.45, 2.75) is 33.1 Å². The second-order valence-corrected chi connectivity index (χ2v) is 4.16. The Kier molecular flexibility index (Phi) is 5.35. The van der Waals surface area contributed by atoms with Crippen LogP contribution < -0.4 is 16.4 Å². The average molecular weight is 251 g/mol. The molecule has 4 N–H and O–H groups in total. The molecule has 1 rings (SSSR count). The van der Waals surface area contributed by atoms with Gasteiger partial charge < -0.3 is 16.4 Å². The SMILES string of the molecule is CCCCN(CC(N)=O)c1cc(N)nc(CC)n1. The van der Waals surface area contributed by atoms with Crippen molar-refractivity contribution in [1.29, 1.82) is 0 Å². The van der Waals surface area contributed by atoms with E-state index >= 15 is 0 Å². The van der Waals surface area contributed by atoms with Gasteiger partial charge in [0, 0.05) is 19.0 Å². The van der Waals surface area contributed by atoms with Crippen LogP contribution in [-0.2, 0) is 11.2 Å². The van der Waals surface area contributed by atoms with E-state index in [1.165, 1.54) is 0 Å². The lowest BCUT2D eigenvalue weighted by Crippen LogP contribution is -2.35. The number of nitrogens with zero attached hydrogens (tertiary/aromatic N) is 3. The number of carbonyl (C=O) groups is 1. The maximum Gasteiger partial charge on any atom is 0.236 e. The minimum absolute atomic E-state index is 0.152. The van der Waals surface area contributed by atoms with E-state index in [1.54, 1.807) is 6.07 Å². The van der Waals surface area contributed by atoms with Crippen LogP contribution in [0.15, 0.2) is 6.07 Å². The minimum atomic E-state index is -0.374. The summed E-state index contributed by atoms with van der Waals surface area (Å²) in [6, 6.07) is 1.68. The van der Waals surface area contributed by atoms with Gasteiger partial charge in [0.25, 0.3) is 0 Å². The molecule has 18 heavy (non-hydrogen) atoms. The van der Waals surface area contributed by atoms with E-state index < -0.39 is 0 Å². The summed E-state index contributed by atoms with van der Waals surface area (Å²) in [7, 11) is 0. The molecule has 0 spiro atoms. The third-order valence-corrected chi connectivity index (χ3v) is 2.55. The van der Waals surface area contributed by atoms with E-state index in [9.17, 15) is 4.79 Å². The number of rotatable bonds is 7. The number of unbranched alkanes of at least 4 members (excludes halogenated alkanes) is 1. The van der Waals surface area contributed by atoms with E-state index in [-0.39, 0.29) is 12.5 Å². The van der Waals surface area contributed by atoms with E-state index in [2.05, 4.69) is 16.9 Å². The first-order valence-electron chi connectivity index (χ1n) is 6.23. The predicted molar refractivity (Wildman–Crippen MR) is 72.1 cm³/mol. The Labute approximate surface area is 107 Å². The third kappa shape index (κ3) is 4.20. The summed E-state index contributed by atoms with van der Waals surface area (Å²) in [5, 5.41) is 0. The van der Waals surface area contributed by atoms with Crippen LogP contribution in [-0.4, -0.2) is 29.0 Å². The Morgan fingerprint density at radius 1 is 1.39 bits per heavy atom. The van der Waals surface area contributed by atoms with Crippen LogP contribution in [0.3, 0.4) is 0 Å². The first-order valence-corrected chi connectivity index (χ1v) is 6.23. The first kappa shape index (κ1) is 14.2. The van der Waals surface area contributed by atoms with Crippen LogP contribution in [0, 0.1) is 0 Å². The zero-order valence-corrected chi connectivity index (χ0v) is 11.0. The van der Waals surface area contributed by atoms with Gasteiger partial charge in [0.1, 0.15) is 17.5 Å². The lowest BCUT2D eigenvalue weighted by molar-refractivity contribution is -0.116. The largest absolute Gasteiger partial charge is 0.384 e. The number of anilines is 2. The molecule has 1 aromatic rings. The molecular weight excluding hydrogens is 230 g/mol. The normalized spacial score (nSPS) is 10.3. The fraction of sp³-hybridized carbons (Fsp3) is 0.583. The highest BCUT2D eigenvalue weighted by Crippen LogP contribution is 2.15. The Bertz CT molecular complexity index is 407. The third-order valence-electron chi connectivity index (χ3n) is 2.55. The zero-order valence-electron chi connectivity index (χ0n) is 11.0. The van der Waals surface area contributed by atoms with Crippen molar-refractivity contribution in [1.82, 2.24) is 9.97 Å². The Morgan fingerprint density at radius 2 is 2.11 bits per heavy atom. The number of nitrogens with two attached hydrogens (primary N) is 2. The second kappa shape index (κ2) is 6.78. The number of aromatic nitrogens is 2. The van der Waals surface area contributed by atoms with Gasteiger partial charge in [-0.05, 0) is 6.42 Å². The molecule has 100 valence electrons. The number of nitrogen functional groups attached to an aromatic ring is 1. The van der Waals surface area contributed by atoms with Gasteiger partial charge in [-0.25, -0.2) is 9.97 Å². The molecule has 1 aromatic heterocycles. The highest BCUT2D eigenvalue weighted by molar-refractivity contribution is 5.79. The van der Waals surface area contributed by atoms with Crippen LogP contribution in [0.5, 0.6) is 0 Å². The molecular formula is C12H21N5O. The molecule has 0 saturated heterocycles. The lowest BCUT2D eigenvalue weighted by Gasteiger charge is -2.22. The van der Waals surface area contributed by atoms with Crippen LogP contribution in [0.2, 0.25) is 0 Å². The molecule has 0 aliphatic carbocycles. The highest BCUT2D eigenvalue weighted by Gasteiger charge is 2.12. The van der Waals surface area contributed by atoms with Crippen molar-refractivity contribution in [2.24, 2.45) is 5.73 Å². The molecule has 0 radical (unpaired) electrons. The summed E-state index contributed by atoms with van der Waals surface area (Å²) in [6.07, 6.45) is 2.71. The van der Waals surface area contributed by atoms with Gasteiger partial charge in [-0.15, -0.1) is 0 Å². The Hall–Kier alpha value is -1.85. The number of amides is 1. The van der Waals surface area contributed by atoms with Crippen molar-refractivity contribution in [3.05, 3.63) is 11.9 Å². The average Bonchev–Trinajstić information content (AvgIpc) is 2.33. The number of primary amides is 1. The summed E-state index contributed by atoms with van der Waals surface area (Å²) < 4.78 is 0. The Balaban J connectivity index is 2.95. The zero-order chi connectivity index (χ0) is 13.5. The van der Waals surface area contributed by atoms with Gasteiger partial charge in [0.15, 0.2) is 0 Å². The van der Waals surface area contributed by atoms with Crippen LogP contribution in [0.25, 0.3) is 0 Å². The molecule has 0 atom stereocenters. The topological polar surface area (TPSA) is 98.1 Å². The lowest BCUT2D eigenvalue weighted by atomic mass is 10.3. The monoisotopic (exact) mass is 251 g/mol. The first-order chi connectivity index (χ1) is 8.56. The quantitative estimate of drug-likeness (QED) is 0.743. The van der Waals surface area contributed by atoms with Crippen molar-refractivity contribution in [3.63, 3.8) is 0 Å². The smallest absolute Gasteiger partial charge is 0.236 e. The van der Waals surface area contributed by atoms with Crippen molar-refractivity contribution in [3.8, 4) is 0 Å². The van der Waals surface area contributed by atoms with Crippen LogP contribution >= 0.6 is 0 Å². The highest BCUT2D eigenvalue weighted by atomic mass is 16.1. The number of hydrogen-bond acceptors (Lipinski definition) is 5. The second-order valence-electron chi connectivity index (χ2n) is 4.16. The molecule has 0 aliphatic rings. The minimum Gasteiger partial charge on any atom is -0.384 e. The van der Waals surface area contributed by atoms with E-state index in [0.717, 1.165) is 19.4 Å². The standard InChI is InChI=1S/C12H21N5O/c1-3-5-6-17(8-10(14)18)12-7-9(13)15-11(4-2)16-12/h7H,3-6,8H2,1-2H3,(H2,14,18)(H2,13,15,16). The predicted octanol–water partition coefficient (Wildman–Crippen LogP) is 0.713. The summed E-state index contributed by atoms with van der Waals surface area (Å²) in [4.78, 5) is 21.4. The molecule has 0 unspecified atom stereocenters. The molecule has 0 fully saturated rings. The van der Waals surface area contributed by atoms with Gasteiger partial charge >= 0.3 is 0 Å². The Morgan fingerprint density at radius 3 is 2.67 bits per heavy atom. The molecule has 0 bridgehead atoms. The number of carbonyl (C=O) groups excluding carboxylic acids is 1. The summed E-state index contributed by atoms with van der Waals surface area (Å²) in [6.45, 7) is 4.94. The van der Waals surface area contributed by atoms with Crippen LogP contribution in [0.1, 0.15) is 32.5 Å². The fourth-order valence-corrected chi connectivity index (χ4v) is 1.63. The molecule has 6 heteroatoms. The molecule has 0 saturated carbocycles. The van der Waals surface area contributed by atoms with E-state index in [0.29, 0.717) is 23.9 Å². The maximum absolute atomic E-state index is 11.1. The molecule has 0 aliphatic heterocycles. The molecule has 0 aromatic carbocycles. The number of hydrogen-bond donors (Lipinski definition) is 2. The van der Waals surface area contributed by atoms with Gasteiger partial charge in [-0.2, -0.15) is 0 Å². The van der Waals surface area contributed by atoms with Crippen molar-refractivity contribution >= 4 is 17.5 Å². The van der Waals surface area contributed by atoms with Crippen molar-refractivity contribution < 1.29 is 4.79 Å². The summed E-state index contributed by atoms with van der Waals surface area (Å²) in [5.41, 5.74) is 11.0. The number of aryl methyl sites for hydroxylation is 1. The van der Waals surface area contributed by atoms with E-state index in [4.69, 9.17) is 11.5 Å². The molecule has 1 amide bonds. The van der Waals surface area contributed by atoms with Crippen molar-refractivity contribution in [2.75, 3.05) is 23.7 Å². The molecule has 1 heterocycles.